The number of nitrogens with two attached hydrogens (primary N) is 1. The zero-order valence-corrected chi connectivity index (χ0v) is 15.2. The highest BCUT2D eigenvalue weighted by Crippen LogP contribution is 2.32. The summed E-state index contributed by atoms with van der Waals surface area (Å²) in [4.78, 5) is 8.47. The van der Waals surface area contributed by atoms with E-state index < -0.39 is 0 Å². The van der Waals surface area contributed by atoms with E-state index in [1.54, 1.807) is 7.11 Å². The minimum Gasteiger partial charge on any atom is -0.383 e. The van der Waals surface area contributed by atoms with E-state index in [0.717, 1.165) is 55.6 Å². The van der Waals surface area contributed by atoms with Crippen LogP contribution in [0.4, 0.5) is 5.82 Å². The molecule has 2 aromatic heterocycles. The maximum Gasteiger partial charge on any atom is 0.163 e. The minimum atomic E-state index is 0.394. The summed E-state index contributed by atoms with van der Waals surface area (Å²) in [5, 5.41) is 9.11. The molecule has 3 rings (SSSR count). The predicted molar refractivity (Wildman–Crippen MR) is 97.0 cm³/mol. The molecule has 0 radical (unpaired) electrons. The van der Waals surface area contributed by atoms with Gasteiger partial charge in [0.15, 0.2) is 5.65 Å². The maximum atomic E-state index is 5.96. The number of aromatic nitrogens is 4. The van der Waals surface area contributed by atoms with Gasteiger partial charge in [0, 0.05) is 19.7 Å². The van der Waals surface area contributed by atoms with Gasteiger partial charge in [-0.05, 0) is 32.6 Å². The molecule has 24 heavy (non-hydrogen) atoms. The van der Waals surface area contributed by atoms with Crippen molar-refractivity contribution in [3.63, 3.8) is 0 Å². The molecule has 0 aliphatic heterocycles. The monoisotopic (exact) mass is 334 g/mol. The third-order valence-electron chi connectivity index (χ3n) is 4.47. The molecule has 2 heterocycles. The van der Waals surface area contributed by atoms with E-state index in [1.165, 1.54) is 6.33 Å². The Morgan fingerprint density at radius 3 is 2.62 bits per heavy atom. The highest BCUT2D eigenvalue weighted by atomic mass is 16.5. The van der Waals surface area contributed by atoms with E-state index in [2.05, 4.69) is 20.4 Å². The molecule has 0 saturated heterocycles. The number of methoxy groups -OCH3 is 1. The van der Waals surface area contributed by atoms with Crippen LogP contribution in [0.2, 0.25) is 0 Å². The van der Waals surface area contributed by atoms with Crippen molar-refractivity contribution in [3.8, 4) is 0 Å². The normalized spacial score (nSPS) is 20.7. The van der Waals surface area contributed by atoms with Gasteiger partial charge in [0.2, 0.25) is 0 Å². The van der Waals surface area contributed by atoms with Gasteiger partial charge in [-0.15, -0.1) is 0 Å². The minimum absolute atomic E-state index is 0.394. The Balaban J connectivity index is 0.00000100. The van der Waals surface area contributed by atoms with Crippen LogP contribution in [0.3, 0.4) is 0 Å². The number of ether oxygens (including phenoxy) is 1. The number of nitrogens with one attached hydrogen (secondary N) is 1. The summed E-state index contributed by atoms with van der Waals surface area (Å²) < 4.78 is 7.13. The van der Waals surface area contributed by atoms with Crippen molar-refractivity contribution in [2.24, 2.45) is 0 Å². The Hall–Kier alpha value is -1.73. The number of hydrogen-bond acceptors (Lipinski definition) is 6. The van der Waals surface area contributed by atoms with E-state index in [0.29, 0.717) is 17.9 Å². The summed E-state index contributed by atoms with van der Waals surface area (Å²) in [6.45, 7) is 7.65. The molecule has 134 valence electrons. The average molecular weight is 334 g/mol. The van der Waals surface area contributed by atoms with E-state index in [9.17, 15) is 0 Å². The number of nitrogen functional groups attached to an aromatic ring is 1. The molecule has 1 aliphatic carbocycles. The molecule has 3 N–H and O–H groups in total. The lowest BCUT2D eigenvalue weighted by Gasteiger charge is -2.29. The number of aryl methyl sites for hydroxylation is 1. The molecule has 7 heteroatoms. The Morgan fingerprint density at radius 1 is 1.25 bits per heavy atom. The second-order valence-electron chi connectivity index (χ2n) is 5.94. The molecule has 0 amide bonds. The first-order chi connectivity index (χ1) is 11.7. The SMILES string of the molecule is CC.COCCNC1CCC(n2nc(C)c3c(N)ncnc32)CC1. The summed E-state index contributed by atoms with van der Waals surface area (Å²) in [5.41, 5.74) is 7.74. The Morgan fingerprint density at radius 2 is 1.96 bits per heavy atom. The van der Waals surface area contributed by atoms with Crippen LogP contribution in [0.1, 0.15) is 51.3 Å². The lowest BCUT2D eigenvalue weighted by molar-refractivity contribution is 0.188. The number of rotatable bonds is 5. The van der Waals surface area contributed by atoms with Crippen molar-refractivity contribution in [1.82, 2.24) is 25.1 Å². The van der Waals surface area contributed by atoms with Crippen molar-refractivity contribution >= 4 is 16.9 Å². The van der Waals surface area contributed by atoms with Gasteiger partial charge in [-0.1, -0.05) is 13.8 Å². The Bertz CT molecular complexity index is 633. The molecular formula is C17H30N6O. The smallest absolute Gasteiger partial charge is 0.163 e. The highest BCUT2D eigenvalue weighted by Gasteiger charge is 2.25. The number of anilines is 1. The summed E-state index contributed by atoms with van der Waals surface area (Å²) in [7, 11) is 1.73. The number of hydrogen-bond donors (Lipinski definition) is 2. The fourth-order valence-electron chi connectivity index (χ4n) is 3.31. The first-order valence-corrected chi connectivity index (χ1v) is 8.88. The van der Waals surface area contributed by atoms with Crippen LogP contribution in [0, 0.1) is 6.92 Å². The molecule has 0 spiro atoms. The molecule has 1 aliphatic rings. The van der Waals surface area contributed by atoms with Crippen LogP contribution in [-0.4, -0.2) is 46.1 Å². The lowest BCUT2D eigenvalue weighted by atomic mass is 9.91. The van der Waals surface area contributed by atoms with E-state index in [1.807, 2.05) is 25.5 Å². The number of fused-ring (bicyclic) bond motifs is 1. The summed E-state index contributed by atoms with van der Waals surface area (Å²) in [5.74, 6) is 0.517. The van der Waals surface area contributed by atoms with Gasteiger partial charge >= 0.3 is 0 Å². The van der Waals surface area contributed by atoms with Crippen LogP contribution >= 0.6 is 0 Å². The van der Waals surface area contributed by atoms with Crippen molar-refractivity contribution in [1.29, 1.82) is 0 Å². The van der Waals surface area contributed by atoms with Gasteiger partial charge in [-0.3, -0.25) is 0 Å². The average Bonchev–Trinajstić information content (AvgIpc) is 2.96. The van der Waals surface area contributed by atoms with Crippen LogP contribution in [0.15, 0.2) is 6.33 Å². The second kappa shape index (κ2) is 8.94. The molecule has 2 aromatic rings. The maximum absolute atomic E-state index is 5.96. The molecule has 7 nitrogen and oxygen atoms in total. The van der Waals surface area contributed by atoms with Gasteiger partial charge < -0.3 is 15.8 Å². The quantitative estimate of drug-likeness (QED) is 0.816. The molecule has 0 aromatic carbocycles. The molecule has 0 atom stereocenters. The molecular weight excluding hydrogens is 304 g/mol. The number of nitrogens with zero attached hydrogens (tertiary/aromatic N) is 4. The summed E-state index contributed by atoms with van der Waals surface area (Å²) in [6.07, 6.45) is 6.02. The Kier molecular flexibility index (Phi) is 6.93. The molecule has 0 bridgehead atoms. The zero-order chi connectivity index (χ0) is 17.5. The van der Waals surface area contributed by atoms with Gasteiger partial charge in [-0.2, -0.15) is 5.10 Å². The van der Waals surface area contributed by atoms with E-state index in [4.69, 9.17) is 10.5 Å². The van der Waals surface area contributed by atoms with Gasteiger partial charge in [0.1, 0.15) is 12.1 Å². The first-order valence-electron chi connectivity index (χ1n) is 8.88. The van der Waals surface area contributed by atoms with Crippen LogP contribution in [0.25, 0.3) is 11.0 Å². The fraction of sp³-hybridized carbons (Fsp3) is 0.706. The van der Waals surface area contributed by atoms with Crippen LogP contribution in [0.5, 0.6) is 0 Å². The third-order valence-corrected chi connectivity index (χ3v) is 4.47. The fourth-order valence-corrected chi connectivity index (χ4v) is 3.31. The van der Waals surface area contributed by atoms with Crippen molar-refractivity contribution < 1.29 is 4.74 Å². The van der Waals surface area contributed by atoms with Gasteiger partial charge in [-0.25, -0.2) is 14.6 Å². The Labute approximate surface area is 144 Å². The van der Waals surface area contributed by atoms with E-state index >= 15 is 0 Å². The van der Waals surface area contributed by atoms with Crippen LogP contribution in [-0.2, 0) is 4.74 Å². The van der Waals surface area contributed by atoms with E-state index in [-0.39, 0.29) is 0 Å². The topological polar surface area (TPSA) is 90.9 Å². The summed E-state index contributed by atoms with van der Waals surface area (Å²) >= 11 is 0. The molecule has 1 fully saturated rings. The molecule has 0 unspecified atom stereocenters. The van der Waals surface area contributed by atoms with Gasteiger partial charge in [0.25, 0.3) is 0 Å². The standard InChI is InChI=1S/C15H24N6O.C2H6/c1-10-13-14(16)18-9-19-15(13)21(20-10)12-5-3-11(4-6-12)17-7-8-22-2;1-2/h9,11-12,17H,3-8H2,1-2H3,(H2,16,18,19);1-2H3. The first kappa shape index (κ1) is 18.6. The van der Waals surface area contributed by atoms with Crippen LogP contribution < -0.4 is 11.1 Å². The van der Waals surface area contributed by atoms with Gasteiger partial charge in [0.05, 0.1) is 23.7 Å². The predicted octanol–water partition coefficient (Wildman–Crippen LogP) is 2.46. The molecule has 1 saturated carbocycles. The van der Waals surface area contributed by atoms with Crippen molar-refractivity contribution in [2.45, 2.75) is 58.5 Å². The summed E-state index contributed by atoms with van der Waals surface area (Å²) in [6, 6.07) is 0.972. The zero-order valence-electron chi connectivity index (χ0n) is 15.2. The largest absolute Gasteiger partial charge is 0.383 e. The highest BCUT2D eigenvalue weighted by molar-refractivity contribution is 5.87. The van der Waals surface area contributed by atoms with Crippen molar-refractivity contribution in [3.05, 3.63) is 12.0 Å². The second-order valence-corrected chi connectivity index (χ2v) is 5.94. The third kappa shape index (κ3) is 4.02. The van der Waals surface area contributed by atoms with Crippen molar-refractivity contribution in [2.75, 3.05) is 26.0 Å². The lowest BCUT2D eigenvalue weighted by Crippen LogP contribution is -2.35.